The fourth-order valence-electron chi connectivity index (χ4n) is 5.78. The molecule has 0 spiro atoms. The topological polar surface area (TPSA) is 115 Å². The minimum absolute atomic E-state index is 0.0814. The molecule has 1 amide bonds. The van der Waals surface area contributed by atoms with E-state index in [-0.39, 0.29) is 17.0 Å². The molecule has 3 aromatic heterocycles. The molecule has 1 N–H and O–H groups in total. The highest BCUT2D eigenvalue weighted by molar-refractivity contribution is 7.22. The smallest absolute Gasteiger partial charge is 0.301 e. The fraction of sp³-hybridized carbons (Fsp3) is 0.314. The molecule has 1 saturated heterocycles. The number of anilines is 1. The number of carbonyl (C=O) groups is 2. The van der Waals surface area contributed by atoms with Crippen LogP contribution in [0.25, 0.3) is 21.6 Å². The van der Waals surface area contributed by atoms with Crippen molar-refractivity contribution in [1.82, 2.24) is 14.4 Å². The predicted octanol–water partition coefficient (Wildman–Crippen LogP) is 7.16. The number of unbranched alkanes of at least 4 members (excludes halogenated alkanes) is 2. The molecule has 2 aromatic carbocycles. The van der Waals surface area contributed by atoms with Gasteiger partial charge < -0.3 is 23.7 Å². The van der Waals surface area contributed by atoms with E-state index in [1.54, 1.807) is 25.3 Å². The average Bonchev–Trinajstić information content (AvgIpc) is 3.71. The molecule has 1 fully saturated rings. The van der Waals surface area contributed by atoms with Gasteiger partial charge in [0.1, 0.15) is 17.1 Å². The molecule has 5 aromatic rings. The molecule has 1 aliphatic heterocycles. The summed E-state index contributed by atoms with van der Waals surface area (Å²) in [5.41, 5.74) is 3.54. The van der Waals surface area contributed by atoms with Gasteiger partial charge in [-0.1, -0.05) is 43.2 Å². The first-order valence-electron chi connectivity index (χ1n) is 15.4. The molecule has 6 rings (SSSR count). The van der Waals surface area contributed by atoms with E-state index in [1.165, 1.54) is 16.2 Å². The van der Waals surface area contributed by atoms with Gasteiger partial charge in [-0.2, -0.15) is 0 Å². The van der Waals surface area contributed by atoms with Crippen molar-refractivity contribution in [2.75, 3.05) is 25.2 Å². The van der Waals surface area contributed by atoms with Gasteiger partial charge in [-0.05, 0) is 74.7 Å². The van der Waals surface area contributed by atoms with Crippen LogP contribution in [-0.2, 0) is 9.59 Å². The van der Waals surface area contributed by atoms with Crippen LogP contribution in [0.3, 0.4) is 0 Å². The van der Waals surface area contributed by atoms with Crippen molar-refractivity contribution in [3.8, 4) is 17.2 Å². The van der Waals surface area contributed by atoms with Crippen molar-refractivity contribution >= 4 is 49.8 Å². The molecule has 0 saturated carbocycles. The van der Waals surface area contributed by atoms with Gasteiger partial charge in [0.05, 0.1) is 47.8 Å². The third-order valence-electron chi connectivity index (χ3n) is 8.13. The van der Waals surface area contributed by atoms with Crippen molar-refractivity contribution < 1.29 is 28.9 Å². The number of ketones is 1. The average molecular weight is 641 g/mol. The van der Waals surface area contributed by atoms with Gasteiger partial charge in [-0.15, -0.1) is 0 Å². The van der Waals surface area contributed by atoms with E-state index in [1.807, 2.05) is 61.7 Å². The number of carbonyl (C=O) groups excluding carboxylic acids is 2. The normalized spacial score (nSPS) is 16.1. The molecular weight excluding hydrogens is 604 g/mol. The second-order valence-corrected chi connectivity index (χ2v) is 12.1. The van der Waals surface area contributed by atoms with Crippen LogP contribution in [0.2, 0.25) is 0 Å². The molecule has 0 aliphatic carbocycles. The maximum Gasteiger partial charge on any atom is 0.301 e. The molecule has 0 bridgehead atoms. The SMILES string of the molecule is CCCCCOc1ccc(C2/C(=C(\O)c3nc4c(C)cccn4c3C)C(=O)C(=O)N2c2nc3ccc(OCC)cc3s2)cc1OC. The zero-order chi connectivity index (χ0) is 32.5. The number of fused-ring (bicyclic) bond motifs is 2. The predicted molar refractivity (Wildman–Crippen MR) is 178 cm³/mol. The summed E-state index contributed by atoms with van der Waals surface area (Å²) in [5.74, 6) is -0.305. The van der Waals surface area contributed by atoms with Gasteiger partial charge in [0.2, 0.25) is 0 Å². The molecule has 238 valence electrons. The molecule has 11 heteroatoms. The van der Waals surface area contributed by atoms with Crippen LogP contribution >= 0.6 is 11.3 Å². The molecule has 0 radical (unpaired) electrons. The van der Waals surface area contributed by atoms with Gasteiger partial charge in [0, 0.05) is 6.20 Å². The number of amides is 1. The summed E-state index contributed by atoms with van der Waals surface area (Å²) in [4.78, 5) is 38.6. The molecule has 46 heavy (non-hydrogen) atoms. The van der Waals surface area contributed by atoms with Gasteiger partial charge in [0.15, 0.2) is 22.4 Å². The number of imidazole rings is 1. The number of nitrogens with zero attached hydrogens (tertiary/aromatic N) is 4. The number of Topliss-reactive ketones (excluding diaryl/α,β-unsaturated/α-hetero) is 1. The van der Waals surface area contributed by atoms with Crippen molar-refractivity contribution in [2.24, 2.45) is 0 Å². The van der Waals surface area contributed by atoms with Crippen LogP contribution in [0, 0.1) is 13.8 Å². The number of thiazole rings is 1. The number of aromatic nitrogens is 3. The van der Waals surface area contributed by atoms with E-state index in [4.69, 9.17) is 24.2 Å². The first kappa shape index (κ1) is 31.1. The number of ether oxygens (including phenoxy) is 3. The van der Waals surface area contributed by atoms with Crippen molar-refractivity contribution in [3.63, 3.8) is 0 Å². The van der Waals surface area contributed by atoms with E-state index >= 15 is 0 Å². The quantitative estimate of drug-likeness (QED) is 0.0700. The van der Waals surface area contributed by atoms with Crippen LogP contribution in [0.4, 0.5) is 5.13 Å². The highest BCUT2D eigenvalue weighted by atomic mass is 32.1. The first-order chi connectivity index (χ1) is 22.3. The maximum atomic E-state index is 13.9. The van der Waals surface area contributed by atoms with Gasteiger partial charge >= 0.3 is 5.91 Å². The molecule has 4 heterocycles. The van der Waals surface area contributed by atoms with E-state index in [0.717, 1.165) is 29.5 Å². The second-order valence-electron chi connectivity index (χ2n) is 11.1. The lowest BCUT2D eigenvalue weighted by Gasteiger charge is -2.23. The van der Waals surface area contributed by atoms with E-state index < -0.39 is 17.7 Å². The van der Waals surface area contributed by atoms with Crippen molar-refractivity contribution in [3.05, 3.63) is 82.8 Å². The van der Waals surface area contributed by atoms with Crippen molar-refractivity contribution in [1.29, 1.82) is 0 Å². The number of aliphatic hydroxyl groups is 1. The zero-order valence-corrected chi connectivity index (χ0v) is 27.3. The van der Waals surface area contributed by atoms with E-state index in [9.17, 15) is 14.7 Å². The van der Waals surface area contributed by atoms with E-state index in [0.29, 0.717) is 58.0 Å². The van der Waals surface area contributed by atoms with Gasteiger partial charge in [0.25, 0.3) is 5.78 Å². The number of pyridine rings is 1. The standard InChI is InChI=1S/C35H36N4O6S/c1-6-8-9-17-45-25-15-12-22(18-26(25)43-5)30-28(31(40)29-21(4)38-16-10-11-20(3)33(38)37-29)32(41)34(42)39(30)35-36-24-14-13-23(44-7-2)19-27(24)46-35/h10-16,18-19,30,40H,6-9,17H2,1-5H3/b31-28+. The molecule has 1 aliphatic rings. The Kier molecular flexibility index (Phi) is 8.68. The Bertz CT molecular complexity index is 1990. The summed E-state index contributed by atoms with van der Waals surface area (Å²) in [6.45, 7) is 8.81. The van der Waals surface area contributed by atoms with Crippen LogP contribution in [0.15, 0.2) is 60.3 Å². The summed E-state index contributed by atoms with van der Waals surface area (Å²) in [7, 11) is 1.54. The first-order valence-corrected chi connectivity index (χ1v) is 16.2. The number of benzene rings is 2. The van der Waals surface area contributed by atoms with Crippen LogP contribution in [0.5, 0.6) is 17.2 Å². The fourth-order valence-corrected chi connectivity index (χ4v) is 6.80. The number of rotatable bonds is 11. The summed E-state index contributed by atoms with van der Waals surface area (Å²) in [6.07, 6.45) is 4.87. The Morgan fingerprint density at radius 3 is 2.57 bits per heavy atom. The highest BCUT2D eigenvalue weighted by Crippen LogP contribution is 2.46. The second kappa shape index (κ2) is 12.8. The number of aliphatic hydroxyl groups excluding tert-OH is 1. The summed E-state index contributed by atoms with van der Waals surface area (Å²) in [6, 6.07) is 13.6. The van der Waals surface area contributed by atoms with Crippen molar-refractivity contribution in [2.45, 2.75) is 53.0 Å². The van der Waals surface area contributed by atoms with E-state index in [2.05, 4.69) is 6.92 Å². The van der Waals surface area contributed by atoms with Crippen LogP contribution < -0.4 is 19.1 Å². The molecule has 1 atom stereocenters. The lowest BCUT2D eigenvalue weighted by molar-refractivity contribution is -0.132. The minimum Gasteiger partial charge on any atom is -0.505 e. The highest BCUT2D eigenvalue weighted by Gasteiger charge is 2.49. The summed E-state index contributed by atoms with van der Waals surface area (Å²) < 4.78 is 20.0. The summed E-state index contributed by atoms with van der Waals surface area (Å²) >= 11 is 1.27. The third kappa shape index (κ3) is 5.44. The third-order valence-corrected chi connectivity index (χ3v) is 9.14. The van der Waals surface area contributed by atoms with Crippen LogP contribution in [0.1, 0.15) is 61.7 Å². The largest absolute Gasteiger partial charge is 0.505 e. The lowest BCUT2D eigenvalue weighted by Crippen LogP contribution is -2.29. The molecular formula is C35H36N4O6S. The maximum absolute atomic E-state index is 13.9. The zero-order valence-electron chi connectivity index (χ0n) is 26.5. The number of hydrogen-bond donors (Lipinski definition) is 1. The molecule has 1 unspecified atom stereocenters. The Morgan fingerprint density at radius 1 is 1.00 bits per heavy atom. The Balaban J connectivity index is 1.52. The number of hydrogen-bond acceptors (Lipinski definition) is 9. The molecule has 10 nitrogen and oxygen atoms in total. The number of methoxy groups -OCH3 is 1. The van der Waals surface area contributed by atoms with Gasteiger partial charge in [-0.25, -0.2) is 9.97 Å². The minimum atomic E-state index is -1.01. The van der Waals surface area contributed by atoms with Crippen LogP contribution in [-0.4, -0.2) is 51.5 Å². The Hall–Kier alpha value is -4.90. The monoisotopic (exact) mass is 640 g/mol. The number of aryl methyl sites for hydroxylation is 2. The Labute approximate surface area is 270 Å². The van der Waals surface area contributed by atoms with Gasteiger partial charge in [-0.3, -0.25) is 14.5 Å². The Morgan fingerprint density at radius 2 is 1.83 bits per heavy atom. The lowest BCUT2D eigenvalue weighted by atomic mass is 9.96. The summed E-state index contributed by atoms with van der Waals surface area (Å²) in [5, 5.41) is 12.2.